The van der Waals surface area contributed by atoms with Crippen LogP contribution < -0.4 is 5.73 Å². The van der Waals surface area contributed by atoms with Gasteiger partial charge in [0.1, 0.15) is 0 Å². The third kappa shape index (κ3) is 6.29. The summed E-state index contributed by atoms with van der Waals surface area (Å²) in [6, 6.07) is 15.5. The summed E-state index contributed by atoms with van der Waals surface area (Å²) < 4.78 is 33.8. The number of alkyl halides is 3. The van der Waals surface area contributed by atoms with E-state index in [1.54, 1.807) is 6.20 Å². The molecule has 0 spiro atoms. The summed E-state index contributed by atoms with van der Waals surface area (Å²) in [7, 11) is 0. The van der Waals surface area contributed by atoms with Crippen LogP contribution in [0.2, 0.25) is 5.02 Å². The zero-order chi connectivity index (χ0) is 27.4. The monoisotopic (exact) mass is 545 g/mol. The molecule has 0 unspecified atom stereocenters. The van der Waals surface area contributed by atoms with Crippen molar-refractivity contribution >= 4 is 29.1 Å². The molecule has 1 fully saturated rings. The van der Waals surface area contributed by atoms with E-state index in [9.17, 15) is 18.0 Å². The van der Waals surface area contributed by atoms with Gasteiger partial charge in [-0.25, -0.2) is 9.78 Å². The first-order valence-electron chi connectivity index (χ1n) is 11.6. The van der Waals surface area contributed by atoms with Crippen molar-refractivity contribution in [2.75, 3.05) is 13.1 Å². The van der Waals surface area contributed by atoms with Crippen LogP contribution in [-0.4, -0.2) is 61.6 Å². The molecule has 0 aliphatic carbocycles. The van der Waals surface area contributed by atoms with Crippen molar-refractivity contribution in [2.24, 2.45) is 5.73 Å². The normalized spacial score (nSPS) is 14.2. The van der Waals surface area contributed by atoms with Gasteiger partial charge in [0.15, 0.2) is 5.65 Å². The van der Waals surface area contributed by atoms with E-state index in [4.69, 9.17) is 27.2 Å². The van der Waals surface area contributed by atoms with Crippen LogP contribution >= 0.6 is 11.6 Å². The van der Waals surface area contributed by atoms with Gasteiger partial charge in [0.05, 0.1) is 23.8 Å². The topological polar surface area (TPSA) is 114 Å². The van der Waals surface area contributed by atoms with Crippen LogP contribution in [0.1, 0.15) is 23.2 Å². The number of carboxylic acid groups (broad SMARTS) is 1. The van der Waals surface area contributed by atoms with Crippen molar-refractivity contribution in [1.82, 2.24) is 19.3 Å². The highest BCUT2D eigenvalue weighted by molar-refractivity contribution is 6.30. The second-order valence-electron chi connectivity index (χ2n) is 8.66. The number of nitrogens with two attached hydrogens (primary N) is 1. The Labute approximate surface area is 220 Å². The molecule has 0 saturated carbocycles. The van der Waals surface area contributed by atoms with Crippen LogP contribution in [0.15, 0.2) is 67.1 Å². The number of rotatable bonds is 3. The number of benzene rings is 2. The molecule has 4 aromatic rings. The van der Waals surface area contributed by atoms with Crippen molar-refractivity contribution in [3.8, 4) is 22.5 Å². The smallest absolute Gasteiger partial charge is 0.475 e. The fourth-order valence-corrected chi connectivity index (χ4v) is 4.07. The lowest BCUT2D eigenvalue weighted by molar-refractivity contribution is -0.192. The van der Waals surface area contributed by atoms with E-state index < -0.39 is 12.1 Å². The minimum atomic E-state index is -5.08. The molecule has 3 heterocycles. The summed E-state index contributed by atoms with van der Waals surface area (Å²) in [6.45, 7) is 1.43. The average molecular weight is 546 g/mol. The number of hydrogen-bond donors (Lipinski definition) is 2. The van der Waals surface area contributed by atoms with E-state index in [0.29, 0.717) is 23.7 Å². The van der Waals surface area contributed by atoms with Gasteiger partial charge in [0.25, 0.3) is 5.91 Å². The van der Waals surface area contributed by atoms with E-state index in [0.717, 1.165) is 41.0 Å². The molecule has 12 heteroatoms. The predicted octanol–water partition coefficient (Wildman–Crippen LogP) is 4.91. The molecule has 0 atom stereocenters. The number of carboxylic acids is 1. The second kappa shape index (κ2) is 11.2. The molecular formula is C26H23ClF3N5O3. The average Bonchev–Trinajstić information content (AvgIpc) is 3.32. The fourth-order valence-electron chi connectivity index (χ4n) is 3.94. The number of imidazole rings is 1. The number of nitrogens with zero attached hydrogens (tertiary/aromatic N) is 4. The van der Waals surface area contributed by atoms with Gasteiger partial charge < -0.3 is 15.7 Å². The van der Waals surface area contributed by atoms with Crippen LogP contribution in [-0.2, 0) is 4.79 Å². The lowest BCUT2D eigenvalue weighted by Gasteiger charge is -2.30. The Morgan fingerprint density at radius 1 is 0.947 bits per heavy atom. The molecule has 1 saturated heterocycles. The summed E-state index contributed by atoms with van der Waals surface area (Å²) in [5.74, 6) is -2.70. The molecule has 2 aromatic heterocycles. The summed E-state index contributed by atoms with van der Waals surface area (Å²) in [5, 5.41) is 7.82. The third-order valence-electron chi connectivity index (χ3n) is 6.03. The number of likely N-dealkylation sites (tertiary alicyclic amines) is 1. The number of piperidine rings is 1. The van der Waals surface area contributed by atoms with Gasteiger partial charge in [-0.2, -0.15) is 13.2 Å². The maximum absolute atomic E-state index is 12.8. The van der Waals surface area contributed by atoms with Crippen molar-refractivity contribution in [3.63, 3.8) is 0 Å². The van der Waals surface area contributed by atoms with Crippen molar-refractivity contribution in [1.29, 1.82) is 0 Å². The number of aromatic nitrogens is 3. The Morgan fingerprint density at radius 3 is 2.11 bits per heavy atom. The van der Waals surface area contributed by atoms with E-state index >= 15 is 0 Å². The van der Waals surface area contributed by atoms with Crippen LogP contribution in [0, 0.1) is 0 Å². The number of fused-ring (bicyclic) bond motifs is 1. The first-order chi connectivity index (χ1) is 18.0. The molecule has 198 valence electrons. The highest BCUT2D eigenvalue weighted by Gasteiger charge is 2.38. The molecule has 38 heavy (non-hydrogen) atoms. The quantitative estimate of drug-likeness (QED) is 0.378. The number of halogens is 4. The minimum absolute atomic E-state index is 0.0569. The molecule has 8 nitrogen and oxygen atoms in total. The first-order valence-corrected chi connectivity index (χ1v) is 11.9. The predicted molar refractivity (Wildman–Crippen MR) is 136 cm³/mol. The first kappa shape index (κ1) is 27.1. The number of aliphatic carboxylic acids is 1. The molecule has 0 radical (unpaired) electrons. The second-order valence-corrected chi connectivity index (χ2v) is 9.10. The molecular weight excluding hydrogens is 523 g/mol. The number of carbonyl (C=O) groups is 2. The lowest BCUT2D eigenvalue weighted by atomic mass is 10.0. The van der Waals surface area contributed by atoms with Gasteiger partial charge in [0.2, 0.25) is 0 Å². The van der Waals surface area contributed by atoms with Gasteiger partial charge in [-0.05, 0) is 37.1 Å². The van der Waals surface area contributed by atoms with Gasteiger partial charge in [-0.3, -0.25) is 14.2 Å². The summed E-state index contributed by atoms with van der Waals surface area (Å²) in [6.07, 6.45) is 2.18. The van der Waals surface area contributed by atoms with Crippen molar-refractivity contribution < 1.29 is 27.9 Å². The molecule has 0 bridgehead atoms. The van der Waals surface area contributed by atoms with Crippen LogP contribution in [0.3, 0.4) is 0 Å². The standard InChI is InChI=1S/C24H22ClN5O.C2HF3O2/c25-19-7-5-17(6-8-19)22-13-28-23-14-27-21(15-30(22)23)16-1-3-18(4-2-16)24(31)29-11-9-20(26)10-12-29;3-2(4,5)1(6)7/h1-8,13-15,20H,9-12,26H2;(H,6,7). The van der Waals surface area contributed by atoms with Crippen LogP contribution in [0.25, 0.3) is 28.2 Å². The molecule has 1 aliphatic heterocycles. The van der Waals surface area contributed by atoms with Crippen molar-refractivity contribution in [2.45, 2.75) is 25.1 Å². The van der Waals surface area contributed by atoms with Crippen molar-refractivity contribution in [3.05, 3.63) is 77.7 Å². The van der Waals surface area contributed by atoms with E-state index in [-0.39, 0.29) is 11.9 Å². The Balaban J connectivity index is 0.000000426. The van der Waals surface area contributed by atoms with Gasteiger partial charge in [-0.1, -0.05) is 35.9 Å². The van der Waals surface area contributed by atoms with E-state index in [1.165, 1.54) is 0 Å². The number of hydrogen-bond acceptors (Lipinski definition) is 5. The minimum Gasteiger partial charge on any atom is -0.475 e. The molecule has 2 aromatic carbocycles. The number of carbonyl (C=O) groups excluding carboxylic acids is 1. The van der Waals surface area contributed by atoms with Gasteiger partial charge >= 0.3 is 12.1 Å². The molecule has 1 aliphatic rings. The van der Waals surface area contributed by atoms with Crippen LogP contribution in [0.4, 0.5) is 13.2 Å². The zero-order valence-corrected chi connectivity index (χ0v) is 20.7. The Hall–Kier alpha value is -3.96. The number of amides is 1. The fraction of sp³-hybridized carbons (Fsp3) is 0.231. The molecule has 3 N–H and O–H groups in total. The maximum atomic E-state index is 12.8. The highest BCUT2D eigenvalue weighted by atomic mass is 35.5. The largest absolute Gasteiger partial charge is 0.490 e. The Morgan fingerprint density at radius 2 is 1.53 bits per heavy atom. The highest BCUT2D eigenvalue weighted by Crippen LogP contribution is 2.25. The summed E-state index contributed by atoms with van der Waals surface area (Å²) in [5.41, 5.74) is 11.1. The Bertz CT molecular complexity index is 1430. The van der Waals surface area contributed by atoms with Gasteiger partial charge in [0, 0.05) is 47.0 Å². The zero-order valence-electron chi connectivity index (χ0n) is 19.9. The van der Waals surface area contributed by atoms with E-state index in [2.05, 4.69) is 9.97 Å². The van der Waals surface area contributed by atoms with Gasteiger partial charge in [-0.15, -0.1) is 0 Å². The maximum Gasteiger partial charge on any atom is 0.490 e. The summed E-state index contributed by atoms with van der Waals surface area (Å²) in [4.78, 5) is 32.6. The third-order valence-corrected chi connectivity index (χ3v) is 6.28. The SMILES string of the molecule is NC1CCN(C(=O)c2ccc(-c3cn4c(-c5ccc(Cl)cc5)cnc4cn3)cc2)CC1.O=C(O)C(F)(F)F. The van der Waals surface area contributed by atoms with E-state index in [1.807, 2.05) is 70.2 Å². The molecule has 1 amide bonds. The lowest BCUT2D eigenvalue weighted by Crippen LogP contribution is -2.42. The summed E-state index contributed by atoms with van der Waals surface area (Å²) >= 11 is 6.02. The molecule has 5 rings (SSSR count). The Kier molecular flexibility index (Phi) is 7.98. The van der Waals surface area contributed by atoms with Crippen LogP contribution in [0.5, 0.6) is 0 Å².